The SMILES string of the molecule is Cc1cnccc1CCNC(N)=NCC1CCCO1.I. The molecule has 1 aliphatic rings. The largest absolute Gasteiger partial charge is 0.376 e. The number of rotatable bonds is 5. The summed E-state index contributed by atoms with van der Waals surface area (Å²) in [6, 6.07) is 2.04. The molecule has 20 heavy (non-hydrogen) atoms. The van der Waals surface area contributed by atoms with Crippen molar-refractivity contribution in [2.24, 2.45) is 10.7 Å². The van der Waals surface area contributed by atoms with Crippen LogP contribution in [0.1, 0.15) is 24.0 Å². The predicted molar refractivity (Wildman–Crippen MR) is 91.6 cm³/mol. The van der Waals surface area contributed by atoms with E-state index in [0.717, 1.165) is 32.4 Å². The van der Waals surface area contributed by atoms with Crippen molar-refractivity contribution in [1.82, 2.24) is 10.3 Å². The summed E-state index contributed by atoms with van der Waals surface area (Å²) in [5.74, 6) is 0.502. The van der Waals surface area contributed by atoms with Crippen molar-refractivity contribution in [3.8, 4) is 0 Å². The summed E-state index contributed by atoms with van der Waals surface area (Å²) in [5.41, 5.74) is 8.32. The van der Waals surface area contributed by atoms with Crippen LogP contribution < -0.4 is 11.1 Å². The molecule has 2 rings (SSSR count). The van der Waals surface area contributed by atoms with Crippen molar-refractivity contribution in [3.63, 3.8) is 0 Å². The number of aliphatic imine (C=N–C) groups is 1. The lowest BCUT2D eigenvalue weighted by atomic mass is 10.1. The van der Waals surface area contributed by atoms with Crippen LogP contribution >= 0.6 is 24.0 Å². The molecule has 0 aromatic carbocycles. The van der Waals surface area contributed by atoms with Gasteiger partial charge in [0.1, 0.15) is 0 Å². The smallest absolute Gasteiger partial charge is 0.188 e. The molecule has 0 saturated carbocycles. The molecule has 0 aliphatic carbocycles. The van der Waals surface area contributed by atoms with Crippen LogP contribution in [0.4, 0.5) is 0 Å². The van der Waals surface area contributed by atoms with Gasteiger partial charge in [-0.3, -0.25) is 9.98 Å². The number of hydrogen-bond donors (Lipinski definition) is 2. The minimum Gasteiger partial charge on any atom is -0.376 e. The summed E-state index contributed by atoms with van der Waals surface area (Å²) in [6.07, 6.45) is 7.09. The van der Waals surface area contributed by atoms with Crippen LogP contribution in [0.3, 0.4) is 0 Å². The highest BCUT2D eigenvalue weighted by Crippen LogP contribution is 2.11. The Balaban J connectivity index is 0.00000200. The molecule has 0 amide bonds. The molecule has 3 N–H and O–H groups in total. The van der Waals surface area contributed by atoms with E-state index in [0.29, 0.717) is 12.5 Å². The lowest BCUT2D eigenvalue weighted by Gasteiger charge is -2.09. The number of pyridine rings is 1. The molecule has 112 valence electrons. The second-order valence-electron chi connectivity index (χ2n) is 4.84. The van der Waals surface area contributed by atoms with E-state index in [9.17, 15) is 0 Å². The zero-order chi connectivity index (χ0) is 13.5. The van der Waals surface area contributed by atoms with E-state index in [4.69, 9.17) is 10.5 Å². The van der Waals surface area contributed by atoms with Gasteiger partial charge in [-0.1, -0.05) is 0 Å². The fourth-order valence-electron chi connectivity index (χ4n) is 2.15. The number of halogens is 1. The first-order valence-electron chi connectivity index (χ1n) is 6.80. The van der Waals surface area contributed by atoms with Gasteiger partial charge in [0.25, 0.3) is 0 Å². The molecule has 1 atom stereocenters. The Morgan fingerprint density at radius 1 is 1.60 bits per heavy atom. The first-order chi connectivity index (χ1) is 9.25. The first-order valence-corrected chi connectivity index (χ1v) is 6.80. The molecule has 1 aliphatic heterocycles. The fraction of sp³-hybridized carbons (Fsp3) is 0.571. The minimum absolute atomic E-state index is 0. The third kappa shape index (κ3) is 5.62. The van der Waals surface area contributed by atoms with Gasteiger partial charge in [-0.15, -0.1) is 24.0 Å². The summed E-state index contributed by atoms with van der Waals surface area (Å²) in [6.45, 7) is 4.37. The summed E-state index contributed by atoms with van der Waals surface area (Å²) in [7, 11) is 0. The number of nitrogens with one attached hydrogen (secondary N) is 1. The van der Waals surface area contributed by atoms with Crippen molar-refractivity contribution < 1.29 is 4.74 Å². The van der Waals surface area contributed by atoms with Crippen LogP contribution in [0.2, 0.25) is 0 Å². The molecule has 1 unspecified atom stereocenters. The lowest BCUT2D eigenvalue weighted by Crippen LogP contribution is -2.34. The second-order valence-corrected chi connectivity index (χ2v) is 4.84. The van der Waals surface area contributed by atoms with Crippen LogP contribution in [0.5, 0.6) is 0 Å². The Bertz CT molecular complexity index is 433. The topological polar surface area (TPSA) is 72.5 Å². The zero-order valence-corrected chi connectivity index (χ0v) is 14.2. The number of aryl methyl sites for hydroxylation is 1. The van der Waals surface area contributed by atoms with Crippen molar-refractivity contribution in [2.75, 3.05) is 19.7 Å². The molecule has 0 radical (unpaired) electrons. The van der Waals surface area contributed by atoms with E-state index in [1.807, 2.05) is 18.5 Å². The average Bonchev–Trinajstić information content (AvgIpc) is 2.92. The fourth-order valence-corrected chi connectivity index (χ4v) is 2.15. The molecular weight excluding hydrogens is 367 g/mol. The predicted octanol–water partition coefficient (Wildman–Crippen LogP) is 1.63. The van der Waals surface area contributed by atoms with Gasteiger partial charge >= 0.3 is 0 Å². The van der Waals surface area contributed by atoms with Gasteiger partial charge in [-0.05, 0) is 43.4 Å². The quantitative estimate of drug-likeness (QED) is 0.456. The summed E-state index contributed by atoms with van der Waals surface area (Å²) < 4.78 is 5.50. The summed E-state index contributed by atoms with van der Waals surface area (Å²) >= 11 is 0. The van der Waals surface area contributed by atoms with E-state index in [1.54, 1.807) is 0 Å². The van der Waals surface area contributed by atoms with Crippen LogP contribution in [-0.2, 0) is 11.2 Å². The molecule has 1 aromatic heterocycles. The van der Waals surface area contributed by atoms with Crippen molar-refractivity contribution in [3.05, 3.63) is 29.6 Å². The van der Waals surface area contributed by atoms with Gasteiger partial charge in [0, 0.05) is 25.5 Å². The molecule has 1 aromatic rings. The number of hydrogen-bond acceptors (Lipinski definition) is 3. The highest BCUT2D eigenvalue weighted by molar-refractivity contribution is 14.0. The normalized spacial score (nSPS) is 18.6. The maximum atomic E-state index is 5.82. The van der Waals surface area contributed by atoms with Gasteiger partial charge in [0.15, 0.2) is 5.96 Å². The number of guanidine groups is 1. The summed E-state index contributed by atoms with van der Waals surface area (Å²) in [5, 5.41) is 3.13. The highest BCUT2D eigenvalue weighted by Gasteiger charge is 2.14. The molecule has 6 heteroatoms. The van der Waals surface area contributed by atoms with E-state index in [-0.39, 0.29) is 30.1 Å². The van der Waals surface area contributed by atoms with Gasteiger partial charge < -0.3 is 15.8 Å². The molecule has 0 bridgehead atoms. The lowest BCUT2D eigenvalue weighted by molar-refractivity contribution is 0.118. The molecule has 0 spiro atoms. The molecule has 2 heterocycles. The van der Waals surface area contributed by atoms with Crippen LogP contribution in [0.15, 0.2) is 23.5 Å². The third-order valence-corrected chi connectivity index (χ3v) is 3.33. The maximum Gasteiger partial charge on any atom is 0.188 e. The Morgan fingerprint density at radius 3 is 3.15 bits per heavy atom. The second kappa shape index (κ2) is 9.12. The van der Waals surface area contributed by atoms with E-state index >= 15 is 0 Å². The number of nitrogens with two attached hydrogens (primary N) is 1. The Morgan fingerprint density at radius 2 is 2.45 bits per heavy atom. The van der Waals surface area contributed by atoms with Crippen molar-refractivity contribution in [1.29, 1.82) is 0 Å². The minimum atomic E-state index is 0. The Hall–Kier alpha value is -0.890. The zero-order valence-electron chi connectivity index (χ0n) is 11.8. The van der Waals surface area contributed by atoms with E-state index in [2.05, 4.69) is 22.2 Å². The van der Waals surface area contributed by atoms with E-state index in [1.165, 1.54) is 11.1 Å². The van der Waals surface area contributed by atoms with Crippen molar-refractivity contribution >= 4 is 29.9 Å². The Kier molecular flexibility index (Phi) is 7.83. The number of ether oxygens (including phenoxy) is 1. The molecular formula is C14H23IN4O. The monoisotopic (exact) mass is 390 g/mol. The molecule has 1 fully saturated rings. The number of nitrogens with zero attached hydrogens (tertiary/aromatic N) is 2. The number of aromatic nitrogens is 1. The first kappa shape index (κ1) is 17.2. The van der Waals surface area contributed by atoms with Crippen LogP contribution in [0.25, 0.3) is 0 Å². The third-order valence-electron chi connectivity index (χ3n) is 3.33. The van der Waals surface area contributed by atoms with Crippen LogP contribution in [-0.4, -0.2) is 36.7 Å². The molecule has 1 saturated heterocycles. The van der Waals surface area contributed by atoms with Gasteiger partial charge in [0.2, 0.25) is 0 Å². The molecule has 5 nitrogen and oxygen atoms in total. The average molecular weight is 390 g/mol. The van der Waals surface area contributed by atoms with E-state index < -0.39 is 0 Å². The maximum absolute atomic E-state index is 5.82. The van der Waals surface area contributed by atoms with Crippen molar-refractivity contribution in [2.45, 2.75) is 32.3 Å². The van der Waals surface area contributed by atoms with Gasteiger partial charge in [0.05, 0.1) is 12.6 Å². The van der Waals surface area contributed by atoms with Crippen LogP contribution in [0, 0.1) is 6.92 Å². The summed E-state index contributed by atoms with van der Waals surface area (Å²) in [4.78, 5) is 8.38. The standard InChI is InChI=1S/C14H22N4O.HI/c1-11-9-16-6-4-12(11)5-7-17-14(15)18-10-13-3-2-8-19-13;/h4,6,9,13H,2-3,5,7-8,10H2,1H3,(H3,15,17,18);1H. The Labute approximate surface area is 137 Å². The van der Waals surface area contributed by atoms with Gasteiger partial charge in [-0.25, -0.2) is 0 Å². The highest BCUT2D eigenvalue weighted by atomic mass is 127. The van der Waals surface area contributed by atoms with Gasteiger partial charge in [-0.2, -0.15) is 0 Å².